The highest BCUT2D eigenvalue weighted by atomic mass is 14.5. The van der Waals surface area contributed by atoms with E-state index in [4.69, 9.17) is 0 Å². The summed E-state index contributed by atoms with van der Waals surface area (Å²) in [6, 6.07) is 0. The van der Waals surface area contributed by atoms with Crippen molar-refractivity contribution in [1.29, 1.82) is 0 Å². The molecule has 4 aliphatic carbocycles. The summed E-state index contributed by atoms with van der Waals surface area (Å²) in [6.45, 7) is 6.46. The van der Waals surface area contributed by atoms with Crippen LogP contribution in [0.5, 0.6) is 0 Å². The Hall–Kier alpha value is -0.260. The van der Waals surface area contributed by atoms with Crippen molar-refractivity contribution < 1.29 is 0 Å². The molecule has 0 aromatic rings. The van der Waals surface area contributed by atoms with E-state index in [0.29, 0.717) is 0 Å². The van der Waals surface area contributed by atoms with E-state index in [1.165, 1.54) is 31.3 Å². The monoisotopic (exact) mass is 176 g/mol. The molecule has 0 N–H and O–H groups in total. The summed E-state index contributed by atoms with van der Waals surface area (Å²) >= 11 is 0. The summed E-state index contributed by atoms with van der Waals surface area (Å²) < 4.78 is 0. The molecule has 0 nitrogen and oxygen atoms in total. The van der Waals surface area contributed by atoms with Gasteiger partial charge >= 0.3 is 0 Å². The van der Waals surface area contributed by atoms with Gasteiger partial charge in [0.1, 0.15) is 0 Å². The number of hydrogen-bond acceptors (Lipinski definition) is 0. The molecule has 4 aliphatic rings. The molecule has 0 amide bonds. The minimum Gasteiger partial charge on any atom is -0.0998 e. The van der Waals surface area contributed by atoms with Gasteiger partial charge in [-0.05, 0) is 68.6 Å². The maximum absolute atomic E-state index is 4.20. The number of allylic oxidation sites excluding steroid dienone is 1. The lowest BCUT2D eigenvalue weighted by Gasteiger charge is -2.54. The second kappa shape index (κ2) is 2.62. The fourth-order valence-corrected chi connectivity index (χ4v) is 4.73. The molecule has 13 heavy (non-hydrogen) atoms. The topological polar surface area (TPSA) is 0 Å². The Morgan fingerprint density at radius 2 is 1.38 bits per heavy atom. The van der Waals surface area contributed by atoms with Gasteiger partial charge in [-0.2, -0.15) is 0 Å². The van der Waals surface area contributed by atoms with Gasteiger partial charge < -0.3 is 0 Å². The van der Waals surface area contributed by atoms with E-state index in [2.05, 4.69) is 13.5 Å². The zero-order valence-electron chi connectivity index (χ0n) is 8.63. The van der Waals surface area contributed by atoms with Gasteiger partial charge in [0.05, 0.1) is 0 Å². The Morgan fingerprint density at radius 3 is 1.77 bits per heavy atom. The van der Waals surface area contributed by atoms with E-state index >= 15 is 0 Å². The van der Waals surface area contributed by atoms with Crippen molar-refractivity contribution in [3.63, 3.8) is 0 Å². The van der Waals surface area contributed by atoms with Gasteiger partial charge in [0.15, 0.2) is 0 Å². The van der Waals surface area contributed by atoms with Gasteiger partial charge in [-0.25, -0.2) is 0 Å². The van der Waals surface area contributed by atoms with Crippen LogP contribution >= 0.6 is 0 Å². The summed E-state index contributed by atoms with van der Waals surface area (Å²) in [5, 5.41) is 0. The fraction of sp³-hybridized carbons (Fsp3) is 0.846. The molecular formula is C13H20. The van der Waals surface area contributed by atoms with Gasteiger partial charge in [-0.15, -0.1) is 0 Å². The molecule has 0 aliphatic heterocycles. The third kappa shape index (κ3) is 1.11. The van der Waals surface area contributed by atoms with E-state index in [1.807, 2.05) is 0 Å². The average Bonchev–Trinajstić information content (AvgIpc) is 2.00. The third-order valence-electron chi connectivity index (χ3n) is 4.80. The average molecular weight is 176 g/mol. The quantitative estimate of drug-likeness (QED) is 0.535. The second-order valence-electron chi connectivity index (χ2n) is 5.80. The zero-order valence-corrected chi connectivity index (χ0v) is 8.63. The van der Waals surface area contributed by atoms with Crippen LogP contribution in [0.25, 0.3) is 0 Å². The van der Waals surface area contributed by atoms with E-state index in [9.17, 15) is 0 Å². The van der Waals surface area contributed by atoms with Crippen molar-refractivity contribution in [2.24, 2.45) is 29.6 Å². The molecule has 4 fully saturated rings. The fourth-order valence-electron chi connectivity index (χ4n) is 4.73. The highest BCUT2D eigenvalue weighted by molar-refractivity contribution is 5.09. The molecule has 0 unspecified atom stereocenters. The van der Waals surface area contributed by atoms with Crippen molar-refractivity contribution >= 4 is 0 Å². The summed E-state index contributed by atoms with van der Waals surface area (Å²) in [6.07, 6.45) is 7.69. The molecular weight excluding hydrogens is 156 g/mol. The second-order valence-corrected chi connectivity index (χ2v) is 5.80. The Bertz CT molecular complexity index is 210. The van der Waals surface area contributed by atoms with Crippen LogP contribution in [-0.4, -0.2) is 0 Å². The summed E-state index contributed by atoms with van der Waals surface area (Å²) in [4.78, 5) is 0. The molecule has 0 spiro atoms. The van der Waals surface area contributed by atoms with Crippen LogP contribution in [-0.2, 0) is 0 Å². The Balaban J connectivity index is 1.89. The van der Waals surface area contributed by atoms with Crippen LogP contribution in [0, 0.1) is 29.6 Å². The van der Waals surface area contributed by atoms with Crippen molar-refractivity contribution in [3.05, 3.63) is 12.2 Å². The molecule has 0 radical (unpaired) electrons. The number of hydrogen-bond donors (Lipinski definition) is 0. The maximum Gasteiger partial charge on any atom is -0.0152 e. The van der Waals surface area contributed by atoms with Gasteiger partial charge in [-0.3, -0.25) is 0 Å². The molecule has 4 rings (SSSR count). The predicted octanol–water partition coefficient (Wildman–Crippen LogP) is 3.63. The van der Waals surface area contributed by atoms with Crippen LogP contribution in [0.1, 0.15) is 39.0 Å². The molecule has 0 aromatic heterocycles. The first kappa shape index (κ1) is 8.08. The summed E-state index contributed by atoms with van der Waals surface area (Å²) in [5.74, 6) is 5.20. The molecule has 0 aromatic carbocycles. The first-order chi connectivity index (χ1) is 6.24. The van der Waals surface area contributed by atoms with Gasteiger partial charge in [0, 0.05) is 0 Å². The highest BCUT2D eigenvalue weighted by Crippen LogP contribution is 2.57. The van der Waals surface area contributed by atoms with E-state index in [1.54, 1.807) is 6.42 Å². The Kier molecular flexibility index (Phi) is 1.63. The molecule has 0 heteroatoms. The van der Waals surface area contributed by atoms with E-state index in [0.717, 1.165) is 29.6 Å². The van der Waals surface area contributed by atoms with Crippen LogP contribution in [0.4, 0.5) is 0 Å². The van der Waals surface area contributed by atoms with Crippen LogP contribution in [0.3, 0.4) is 0 Å². The molecule has 0 heterocycles. The maximum atomic E-state index is 4.20. The lowest BCUT2D eigenvalue weighted by molar-refractivity contribution is -0.0205. The Morgan fingerprint density at radius 1 is 0.923 bits per heavy atom. The molecule has 4 bridgehead atoms. The summed E-state index contributed by atoms with van der Waals surface area (Å²) in [7, 11) is 0. The minimum absolute atomic E-state index is 0.910. The lowest BCUT2D eigenvalue weighted by Crippen LogP contribution is -2.45. The highest BCUT2D eigenvalue weighted by Gasteiger charge is 2.48. The van der Waals surface area contributed by atoms with E-state index < -0.39 is 0 Å². The molecule has 0 saturated heterocycles. The third-order valence-corrected chi connectivity index (χ3v) is 4.80. The van der Waals surface area contributed by atoms with Crippen LogP contribution in [0.2, 0.25) is 0 Å². The first-order valence-electron chi connectivity index (χ1n) is 5.89. The molecule has 4 saturated carbocycles. The summed E-state index contributed by atoms with van der Waals surface area (Å²) in [5.41, 5.74) is 1.48. The van der Waals surface area contributed by atoms with Crippen LogP contribution in [0.15, 0.2) is 12.2 Å². The van der Waals surface area contributed by atoms with Crippen molar-refractivity contribution in [2.75, 3.05) is 0 Å². The smallest absolute Gasteiger partial charge is 0.0152 e. The van der Waals surface area contributed by atoms with Gasteiger partial charge in [0.2, 0.25) is 0 Å². The predicted molar refractivity (Wildman–Crippen MR) is 55.3 cm³/mol. The Labute approximate surface area is 81.4 Å². The SMILES string of the molecule is C=C(C)C1C2CC3CC(C2)CC1C3. The first-order valence-corrected chi connectivity index (χ1v) is 5.89. The normalized spacial score (nSPS) is 52.5. The van der Waals surface area contributed by atoms with Crippen molar-refractivity contribution in [2.45, 2.75) is 39.0 Å². The van der Waals surface area contributed by atoms with Gasteiger partial charge in [-0.1, -0.05) is 12.2 Å². The minimum atomic E-state index is 0.910. The number of rotatable bonds is 1. The molecule has 0 atom stereocenters. The van der Waals surface area contributed by atoms with Crippen molar-refractivity contribution in [3.8, 4) is 0 Å². The largest absolute Gasteiger partial charge is 0.0998 e. The van der Waals surface area contributed by atoms with Gasteiger partial charge in [0.25, 0.3) is 0 Å². The molecule has 72 valence electrons. The standard InChI is InChI=1S/C13H20/c1-8(2)13-11-4-9-3-10(6-11)7-12(13)5-9/h9-13H,1,3-7H2,2H3. The lowest BCUT2D eigenvalue weighted by atomic mass is 9.51. The van der Waals surface area contributed by atoms with E-state index in [-0.39, 0.29) is 0 Å². The van der Waals surface area contributed by atoms with Crippen molar-refractivity contribution in [1.82, 2.24) is 0 Å². The van der Waals surface area contributed by atoms with Crippen LogP contribution < -0.4 is 0 Å². The zero-order chi connectivity index (χ0) is 9.00.